The van der Waals surface area contributed by atoms with Crippen LogP contribution in [0.25, 0.3) is 16.9 Å². The van der Waals surface area contributed by atoms with E-state index in [4.69, 9.17) is 14.2 Å². The first-order chi connectivity index (χ1) is 20.9. The SMILES string of the molecule is COc1ccc(-c2cnc3c(Nc4cc(C)c(C(=O)NCCOCCNC(=O)OC(C)(C)C)c(F)c4)nccn23)c(F)c1F. The van der Waals surface area contributed by atoms with E-state index in [1.54, 1.807) is 33.8 Å². The van der Waals surface area contributed by atoms with E-state index >= 15 is 4.39 Å². The molecule has 11 nitrogen and oxygen atoms in total. The molecule has 2 aromatic heterocycles. The number of imidazole rings is 1. The zero-order chi connectivity index (χ0) is 32.0. The van der Waals surface area contributed by atoms with E-state index in [1.165, 1.54) is 42.2 Å². The number of anilines is 2. The van der Waals surface area contributed by atoms with Crippen molar-refractivity contribution in [2.75, 3.05) is 38.7 Å². The number of aromatic nitrogens is 3. The lowest BCUT2D eigenvalue weighted by molar-refractivity contribution is 0.0500. The van der Waals surface area contributed by atoms with E-state index in [2.05, 4.69) is 25.9 Å². The van der Waals surface area contributed by atoms with E-state index in [1.807, 2.05) is 0 Å². The van der Waals surface area contributed by atoms with Crippen LogP contribution in [-0.4, -0.2) is 65.4 Å². The molecule has 0 saturated carbocycles. The summed E-state index contributed by atoms with van der Waals surface area (Å²) < 4.78 is 61.1. The van der Waals surface area contributed by atoms with Crippen molar-refractivity contribution in [1.29, 1.82) is 0 Å². The maximum absolute atomic E-state index is 15.1. The van der Waals surface area contributed by atoms with Crippen molar-refractivity contribution >= 4 is 29.2 Å². The lowest BCUT2D eigenvalue weighted by Crippen LogP contribution is -2.34. The monoisotopic (exact) mass is 614 g/mol. The summed E-state index contributed by atoms with van der Waals surface area (Å²) in [5, 5.41) is 8.15. The van der Waals surface area contributed by atoms with Crippen LogP contribution in [0.5, 0.6) is 5.75 Å². The number of amides is 2. The summed E-state index contributed by atoms with van der Waals surface area (Å²) in [6.45, 7) is 7.56. The zero-order valence-electron chi connectivity index (χ0n) is 24.9. The molecule has 4 rings (SSSR count). The molecule has 0 spiro atoms. The van der Waals surface area contributed by atoms with Gasteiger partial charge in [-0.15, -0.1) is 0 Å². The Kier molecular flexibility index (Phi) is 9.94. The molecule has 44 heavy (non-hydrogen) atoms. The molecule has 234 valence electrons. The highest BCUT2D eigenvalue weighted by Crippen LogP contribution is 2.32. The number of halogens is 3. The molecule has 3 N–H and O–H groups in total. The molecule has 0 saturated heterocycles. The average molecular weight is 615 g/mol. The Hall–Kier alpha value is -4.85. The topological polar surface area (TPSA) is 128 Å². The van der Waals surface area contributed by atoms with Crippen molar-refractivity contribution in [2.24, 2.45) is 0 Å². The van der Waals surface area contributed by atoms with Crippen molar-refractivity contribution in [3.8, 4) is 17.0 Å². The summed E-state index contributed by atoms with van der Waals surface area (Å²) in [4.78, 5) is 32.9. The van der Waals surface area contributed by atoms with Crippen LogP contribution in [0.2, 0.25) is 0 Å². The van der Waals surface area contributed by atoms with E-state index in [9.17, 15) is 18.4 Å². The van der Waals surface area contributed by atoms with Gasteiger partial charge in [-0.1, -0.05) is 0 Å². The average Bonchev–Trinajstić information content (AvgIpc) is 3.37. The van der Waals surface area contributed by atoms with Crippen LogP contribution >= 0.6 is 0 Å². The molecule has 0 bridgehead atoms. The zero-order valence-corrected chi connectivity index (χ0v) is 24.9. The standard InChI is InChI=1S/C30H33F3N6O5/c1-17-14-18(15-20(31)23(17)28(40)35-9-12-43-13-10-36-29(41)44-30(2,3)4)38-26-27-37-16-21(39(27)11-8-34-26)19-6-7-22(42-5)25(33)24(19)32/h6-8,11,14-16H,9-10,12-13H2,1-5H3,(H,34,38)(H,35,40)(H,36,41). The van der Waals surface area contributed by atoms with Crippen LogP contribution in [0.4, 0.5) is 29.5 Å². The fraction of sp³-hybridized carbons (Fsp3) is 0.333. The summed E-state index contributed by atoms with van der Waals surface area (Å²) in [7, 11) is 1.24. The highest BCUT2D eigenvalue weighted by molar-refractivity contribution is 5.96. The normalized spacial score (nSPS) is 11.4. The molecule has 0 aliphatic carbocycles. The largest absolute Gasteiger partial charge is 0.494 e. The fourth-order valence-electron chi connectivity index (χ4n) is 4.30. The predicted octanol–water partition coefficient (Wildman–Crippen LogP) is 5.15. The molecular weight excluding hydrogens is 581 g/mol. The van der Waals surface area contributed by atoms with Gasteiger partial charge in [-0.25, -0.2) is 23.5 Å². The Balaban J connectivity index is 1.37. The molecule has 0 unspecified atom stereocenters. The highest BCUT2D eigenvalue weighted by atomic mass is 19.2. The summed E-state index contributed by atoms with van der Waals surface area (Å²) in [6, 6.07) is 5.42. The van der Waals surface area contributed by atoms with Gasteiger partial charge in [0.15, 0.2) is 23.0 Å². The van der Waals surface area contributed by atoms with Crippen molar-refractivity contribution in [2.45, 2.75) is 33.3 Å². The van der Waals surface area contributed by atoms with Crippen LogP contribution < -0.4 is 20.7 Å². The number of carbonyl (C=O) groups is 2. The summed E-state index contributed by atoms with van der Waals surface area (Å²) in [5.74, 6) is -3.60. The fourth-order valence-corrected chi connectivity index (χ4v) is 4.30. The lowest BCUT2D eigenvalue weighted by Gasteiger charge is -2.19. The number of hydrogen-bond donors (Lipinski definition) is 3. The number of alkyl carbamates (subject to hydrolysis) is 1. The maximum atomic E-state index is 15.1. The summed E-state index contributed by atoms with van der Waals surface area (Å²) in [5.41, 5.74) is 0.431. The number of fused-ring (bicyclic) bond motifs is 1. The van der Waals surface area contributed by atoms with Gasteiger partial charge in [-0.05, 0) is 57.5 Å². The third-order valence-electron chi connectivity index (χ3n) is 6.19. The molecule has 0 aliphatic rings. The van der Waals surface area contributed by atoms with Gasteiger partial charge in [0.2, 0.25) is 5.82 Å². The van der Waals surface area contributed by atoms with E-state index in [0.29, 0.717) is 11.3 Å². The van der Waals surface area contributed by atoms with Crippen molar-refractivity contribution in [3.63, 3.8) is 0 Å². The van der Waals surface area contributed by atoms with Gasteiger partial charge < -0.3 is 30.2 Å². The number of methoxy groups -OCH3 is 1. The molecule has 2 heterocycles. The highest BCUT2D eigenvalue weighted by Gasteiger charge is 2.20. The molecule has 4 aromatic rings. The number of ether oxygens (including phenoxy) is 3. The molecular formula is C30H33F3N6O5. The smallest absolute Gasteiger partial charge is 0.407 e. The number of carbonyl (C=O) groups excluding carboxylic acids is 2. The Morgan fingerprint density at radius 2 is 1.73 bits per heavy atom. The van der Waals surface area contributed by atoms with Gasteiger partial charge in [0.05, 0.1) is 37.8 Å². The van der Waals surface area contributed by atoms with E-state index in [0.717, 1.165) is 6.07 Å². The number of rotatable bonds is 11. The van der Waals surface area contributed by atoms with Gasteiger partial charge in [0.25, 0.3) is 5.91 Å². The van der Waals surface area contributed by atoms with Gasteiger partial charge in [-0.2, -0.15) is 4.39 Å². The van der Waals surface area contributed by atoms with Crippen LogP contribution in [0.1, 0.15) is 36.7 Å². The Labute approximate surface area is 251 Å². The second-order valence-electron chi connectivity index (χ2n) is 10.6. The molecule has 0 radical (unpaired) electrons. The first-order valence-electron chi connectivity index (χ1n) is 13.6. The number of nitrogens with one attached hydrogen (secondary N) is 3. The second kappa shape index (κ2) is 13.6. The summed E-state index contributed by atoms with van der Waals surface area (Å²) >= 11 is 0. The Bertz CT molecular complexity index is 1650. The van der Waals surface area contributed by atoms with Crippen molar-refractivity contribution in [3.05, 3.63) is 71.4 Å². The molecule has 0 atom stereocenters. The first-order valence-corrected chi connectivity index (χ1v) is 13.6. The van der Waals surface area contributed by atoms with Crippen molar-refractivity contribution < 1.29 is 37.0 Å². The second-order valence-corrected chi connectivity index (χ2v) is 10.6. The summed E-state index contributed by atoms with van der Waals surface area (Å²) in [6.07, 6.45) is 3.78. The third-order valence-corrected chi connectivity index (χ3v) is 6.19. The van der Waals surface area contributed by atoms with Crippen LogP contribution in [0.15, 0.2) is 42.9 Å². The molecule has 2 amide bonds. The predicted molar refractivity (Wildman–Crippen MR) is 157 cm³/mol. The van der Waals surface area contributed by atoms with Crippen molar-refractivity contribution in [1.82, 2.24) is 25.0 Å². The number of benzene rings is 2. The van der Waals surface area contributed by atoms with E-state index < -0.39 is 35.1 Å². The van der Waals surface area contributed by atoms with Gasteiger partial charge in [0.1, 0.15) is 11.4 Å². The Morgan fingerprint density at radius 1 is 1.00 bits per heavy atom. The maximum Gasteiger partial charge on any atom is 0.407 e. The minimum Gasteiger partial charge on any atom is -0.494 e. The van der Waals surface area contributed by atoms with Gasteiger partial charge in [0, 0.05) is 36.7 Å². The first kappa shape index (κ1) is 32.1. The molecule has 2 aromatic carbocycles. The van der Waals surface area contributed by atoms with E-state index in [-0.39, 0.29) is 60.3 Å². The molecule has 14 heteroatoms. The lowest BCUT2D eigenvalue weighted by atomic mass is 10.1. The van der Waals surface area contributed by atoms with Crippen LogP contribution in [0, 0.1) is 24.4 Å². The van der Waals surface area contributed by atoms with Gasteiger partial charge >= 0.3 is 6.09 Å². The minimum absolute atomic E-state index is 0.0342. The number of nitrogens with zero attached hydrogens (tertiary/aromatic N) is 3. The Morgan fingerprint density at radius 3 is 2.41 bits per heavy atom. The minimum atomic E-state index is -1.12. The molecule has 0 fully saturated rings. The van der Waals surface area contributed by atoms with Crippen LogP contribution in [0.3, 0.4) is 0 Å². The number of hydrogen-bond acceptors (Lipinski definition) is 8. The molecule has 0 aliphatic heterocycles. The quantitative estimate of drug-likeness (QED) is 0.198. The number of aryl methyl sites for hydroxylation is 1. The third kappa shape index (κ3) is 7.56. The van der Waals surface area contributed by atoms with Crippen LogP contribution in [-0.2, 0) is 9.47 Å². The van der Waals surface area contributed by atoms with Gasteiger partial charge in [-0.3, -0.25) is 9.20 Å².